The van der Waals surface area contributed by atoms with Gasteiger partial charge in [-0.05, 0) is 55.7 Å². The van der Waals surface area contributed by atoms with Crippen LogP contribution >= 0.6 is 11.8 Å². The Balaban J connectivity index is 1.90. The second-order valence-corrected chi connectivity index (χ2v) is 6.74. The first-order valence-corrected chi connectivity index (χ1v) is 8.29. The van der Waals surface area contributed by atoms with Gasteiger partial charge in [0.05, 0.1) is 0 Å². The molecule has 1 aliphatic rings. The Hall–Kier alpha value is -0.470. The summed E-state index contributed by atoms with van der Waals surface area (Å²) in [5.41, 5.74) is 4.48. The highest BCUT2D eigenvalue weighted by Gasteiger charge is 2.23. The van der Waals surface area contributed by atoms with Crippen LogP contribution in [0.25, 0.3) is 0 Å². The van der Waals surface area contributed by atoms with Gasteiger partial charge in [-0.1, -0.05) is 30.7 Å². The van der Waals surface area contributed by atoms with Crippen molar-refractivity contribution in [1.29, 1.82) is 0 Å². The Labute approximate surface area is 116 Å². The van der Waals surface area contributed by atoms with Gasteiger partial charge in [-0.25, -0.2) is 0 Å². The van der Waals surface area contributed by atoms with Gasteiger partial charge < -0.3 is 5.32 Å². The number of aryl methyl sites for hydroxylation is 2. The zero-order chi connectivity index (χ0) is 13.0. The minimum Gasteiger partial charge on any atom is -0.307 e. The van der Waals surface area contributed by atoms with Crippen molar-refractivity contribution in [2.45, 2.75) is 52.1 Å². The molecule has 2 unspecified atom stereocenters. The zero-order valence-corrected chi connectivity index (χ0v) is 12.6. The Kier molecular flexibility index (Phi) is 5.13. The third-order valence-electron chi connectivity index (χ3n) is 3.76. The molecule has 1 aromatic rings. The van der Waals surface area contributed by atoms with E-state index in [0.29, 0.717) is 12.1 Å². The number of nitrogens with one attached hydrogen (secondary N) is 1. The molecule has 0 spiro atoms. The predicted octanol–water partition coefficient (Wildman–Crippen LogP) is 4.10. The van der Waals surface area contributed by atoms with Crippen molar-refractivity contribution in [2.75, 3.05) is 11.5 Å². The Morgan fingerprint density at radius 1 is 1.44 bits per heavy atom. The Morgan fingerprint density at radius 2 is 2.28 bits per heavy atom. The van der Waals surface area contributed by atoms with Gasteiger partial charge in [0.2, 0.25) is 0 Å². The lowest BCUT2D eigenvalue weighted by atomic mass is 10.0. The first-order chi connectivity index (χ1) is 8.70. The summed E-state index contributed by atoms with van der Waals surface area (Å²) >= 11 is 2.04. The summed E-state index contributed by atoms with van der Waals surface area (Å²) in [5.74, 6) is 2.51. The summed E-state index contributed by atoms with van der Waals surface area (Å²) in [6, 6.07) is 8.13. The summed E-state index contributed by atoms with van der Waals surface area (Å²) in [4.78, 5) is 0. The van der Waals surface area contributed by atoms with Gasteiger partial charge in [0.25, 0.3) is 0 Å². The molecule has 0 heterocycles. The molecule has 0 bridgehead atoms. The van der Waals surface area contributed by atoms with Crippen LogP contribution in [0.15, 0.2) is 18.2 Å². The Bertz CT molecular complexity index is 389. The van der Waals surface area contributed by atoms with E-state index in [1.165, 1.54) is 36.3 Å². The normalized spacial score (nSPS) is 19.8. The molecule has 100 valence electrons. The van der Waals surface area contributed by atoms with E-state index in [-0.39, 0.29) is 0 Å². The lowest BCUT2D eigenvalue weighted by Crippen LogP contribution is -2.29. The van der Waals surface area contributed by atoms with Gasteiger partial charge in [-0.2, -0.15) is 11.8 Å². The summed E-state index contributed by atoms with van der Waals surface area (Å²) in [7, 11) is 0. The summed E-state index contributed by atoms with van der Waals surface area (Å²) < 4.78 is 0. The molecular formula is C16H25NS. The minimum atomic E-state index is 0.585. The highest BCUT2D eigenvalue weighted by atomic mass is 32.2. The highest BCUT2D eigenvalue weighted by Crippen LogP contribution is 2.32. The van der Waals surface area contributed by atoms with Gasteiger partial charge >= 0.3 is 0 Å². The quantitative estimate of drug-likeness (QED) is 0.775. The molecule has 1 N–H and O–H groups in total. The van der Waals surface area contributed by atoms with Crippen LogP contribution in [0, 0.1) is 6.92 Å². The van der Waals surface area contributed by atoms with Crippen molar-refractivity contribution in [3.05, 3.63) is 34.9 Å². The van der Waals surface area contributed by atoms with E-state index in [9.17, 15) is 0 Å². The molecule has 2 rings (SSSR count). The van der Waals surface area contributed by atoms with Crippen molar-refractivity contribution in [3.8, 4) is 0 Å². The van der Waals surface area contributed by atoms with Crippen LogP contribution in [0.2, 0.25) is 0 Å². The lowest BCUT2D eigenvalue weighted by Gasteiger charge is -2.20. The van der Waals surface area contributed by atoms with Crippen molar-refractivity contribution >= 4 is 11.8 Å². The fourth-order valence-corrected chi connectivity index (χ4v) is 3.53. The van der Waals surface area contributed by atoms with Crippen LogP contribution in [-0.2, 0) is 6.42 Å². The van der Waals surface area contributed by atoms with Crippen molar-refractivity contribution in [2.24, 2.45) is 0 Å². The SMILES string of the molecule is CCSCCC(C)NC1CCc2ccc(C)cc21. The van der Waals surface area contributed by atoms with Gasteiger partial charge in [0, 0.05) is 12.1 Å². The summed E-state index contributed by atoms with van der Waals surface area (Å²) in [5, 5.41) is 3.81. The molecule has 1 nitrogen and oxygen atoms in total. The lowest BCUT2D eigenvalue weighted by molar-refractivity contribution is 0.446. The van der Waals surface area contributed by atoms with Gasteiger partial charge in [0.15, 0.2) is 0 Å². The second-order valence-electron chi connectivity index (χ2n) is 5.35. The average Bonchev–Trinajstić information content (AvgIpc) is 2.72. The highest BCUT2D eigenvalue weighted by molar-refractivity contribution is 7.99. The molecule has 0 aromatic heterocycles. The van der Waals surface area contributed by atoms with Gasteiger partial charge in [-0.3, -0.25) is 0 Å². The van der Waals surface area contributed by atoms with Gasteiger partial charge in [-0.15, -0.1) is 0 Å². The van der Waals surface area contributed by atoms with Gasteiger partial charge in [0.1, 0.15) is 0 Å². The largest absolute Gasteiger partial charge is 0.307 e. The maximum absolute atomic E-state index is 3.81. The zero-order valence-electron chi connectivity index (χ0n) is 11.8. The maximum atomic E-state index is 3.81. The number of hydrogen-bond donors (Lipinski definition) is 1. The third-order valence-corrected chi connectivity index (χ3v) is 4.70. The van der Waals surface area contributed by atoms with Crippen LogP contribution in [0.1, 0.15) is 49.4 Å². The molecular weight excluding hydrogens is 238 g/mol. The minimum absolute atomic E-state index is 0.585. The molecule has 1 aromatic carbocycles. The molecule has 0 saturated heterocycles. The van der Waals surface area contributed by atoms with Crippen LogP contribution in [0.4, 0.5) is 0 Å². The van der Waals surface area contributed by atoms with E-state index in [1.54, 1.807) is 11.1 Å². The van der Waals surface area contributed by atoms with Crippen LogP contribution in [0.3, 0.4) is 0 Å². The van der Waals surface area contributed by atoms with E-state index in [2.05, 4.69) is 44.3 Å². The molecule has 2 atom stereocenters. The smallest absolute Gasteiger partial charge is 0.0328 e. The molecule has 0 fully saturated rings. The molecule has 0 saturated carbocycles. The van der Waals surface area contributed by atoms with E-state index < -0.39 is 0 Å². The third kappa shape index (κ3) is 3.52. The van der Waals surface area contributed by atoms with Crippen molar-refractivity contribution in [1.82, 2.24) is 5.32 Å². The second kappa shape index (κ2) is 6.63. The topological polar surface area (TPSA) is 12.0 Å². The molecule has 1 aliphatic carbocycles. The van der Waals surface area contributed by atoms with Crippen LogP contribution in [-0.4, -0.2) is 17.5 Å². The average molecular weight is 263 g/mol. The van der Waals surface area contributed by atoms with E-state index in [0.717, 1.165) is 0 Å². The number of hydrogen-bond acceptors (Lipinski definition) is 2. The predicted molar refractivity (Wildman–Crippen MR) is 82.5 cm³/mol. The van der Waals surface area contributed by atoms with E-state index in [1.807, 2.05) is 11.8 Å². The number of thioether (sulfide) groups is 1. The van der Waals surface area contributed by atoms with Crippen LogP contribution in [0.5, 0.6) is 0 Å². The molecule has 0 amide bonds. The number of fused-ring (bicyclic) bond motifs is 1. The Morgan fingerprint density at radius 3 is 3.06 bits per heavy atom. The molecule has 18 heavy (non-hydrogen) atoms. The fraction of sp³-hybridized carbons (Fsp3) is 0.625. The molecule has 2 heteroatoms. The first kappa shape index (κ1) is 14.0. The number of benzene rings is 1. The number of rotatable bonds is 6. The fourth-order valence-electron chi connectivity index (χ4n) is 2.73. The molecule has 0 radical (unpaired) electrons. The first-order valence-electron chi connectivity index (χ1n) is 7.14. The monoisotopic (exact) mass is 263 g/mol. The van der Waals surface area contributed by atoms with E-state index >= 15 is 0 Å². The van der Waals surface area contributed by atoms with E-state index in [4.69, 9.17) is 0 Å². The summed E-state index contributed by atoms with van der Waals surface area (Å²) in [6.07, 6.45) is 3.78. The van der Waals surface area contributed by atoms with Crippen molar-refractivity contribution < 1.29 is 0 Å². The standard InChI is InChI=1S/C16H25NS/c1-4-18-10-9-13(3)17-16-8-7-14-6-5-12(2)11-15(14)16/h5-6,11,13,16-17H,4,7-10H2,1-3H3. The summed E-state index contributed by atoms with van der Waals surface area (Å²) in [6.45, 7) is 6.75. The molecule has 0 aliphatic heterocycles. The van der Waals surface area contributed by atoms with Crippen LogP contribution < -0.4 is 5.32 Å². The maximum Gasteiger partial charge on any atom is 0.0328 e. The van der Waals surface area contributed by atoms with Crippen molar-refractivity contribution in [3.63, 3.8) is 0 Å².